The van der Waals surface area contributed by atoms with Crippen LogP contribution in [0.15, 0.2) is 0 Å². The molecule has 76 valence electrons. The van der Waals surface area contributed by atoms with E-state index in [0.717, 1.165) is 0 Å². The van der Waals surface area contributed by atoms with Crippen LogP contribution >= 0.6 is 0 Å². The number of hydrogen-bond donors (Lipinski definition) is 1. The van der Waals surface area contributed by atoms with E-state index in [9.17, 15) is 19.5 Å². The fourth-order valence-electron chi connectivity index (χ4n) is 2.49. The van der Waals surface area contributed by atoms with Gasteiger partial charge in [-0.1, -0.05) is 0 Å². The van der Waals surface area contributed by atoms with E-state index in [1.54, 1.807) is 0 Å². The van der Waals surface area contributed by atoms with Crippen LogP contribution in [0.25, 0.3) is 0 Å². The van der Waals surface area contributed by atoms with Gasteiger partial charge in [0.2, 0.25) is 0 Å². The highest BCUT2D eigenvalue weighted by Crippen LogP contribution is 2.38. The third-order valence-electron chi connectivity index (χ3n) is 3.34. The molecule has 0 aliphatic heterocycles. The van der Waals surface area contributed by atoms with E-state index in [1.165, 1.54) is 0 Å². The van der Waals surface area contributed by atoms with E-state index in [1.807, 2.05) is 0 Å². The van der Waals surface area contributed by atoms with Gasteiger partial charge in [0.1, 0.15) is 17.9 Å². The monoisotopic (exact) mass is 196 g/mol. The Hall–Kier alpha value is -1.03. The van der Waals surface area contributed by atoms with Crippen LogP contribution in [0.5, 0.6) is 0 Å². The maximum atomic E-state index is 11.6. The zero-order chi connectivity index (χ0) is 10.3. The number of rotatable bonds is 1. The van der Waals surface area contributed by atoms with Gasteiger partial charge in [0, 0.05) is 18.3 Å². The van der Waals surface area contributed by atoms with Crippen LogP contribution in [0.1, 0.15) is 19.3 Å². The Morgan fingerprint density at radius 3 is 2.64 bits per heavy atom. The molecule has 4 atom stereocenters. The molecule has 0 aromatic rings. The number of ketones is 2. The van der Waals surface area contributed by atoms with E-state index < -0.39 is 23.9 Å². The minimum absolute atomic E-state index is 0.00639. The maximum absolute atomic E-state index is 11.6. The fourth-order valence-corrected chi connectivity index (χ4v) is 2.49. The van der Waals surface area contributed by atoms with E-state index >= 15 is 0 Å². The first-order chi connectivity index (χ1) is 6.65. The predicted octanol–water partition coefficient (Wildman–Crippen LogP) is -0.270. The van der Waals surface area contributed by atoms with Gasteiger partial charge in [-0.25, -0.2) is 0 Å². The Morgan fingerprint density at radius 2 is 2.00 bits per heavy atom. The zero-order valence-electron chi connectivity index (χ0n) is 7.68. The molecule has 2 rings (SSSR count). The fraction of sp³-hybridized carbons (Fsp3) is 0.700. The highest BCUT2D eigenvalue weighted by molar-refractivity contribution is 5.99. The molecule has 2 saturated carbocycles. The summed E-state index contributed by atoms with van der Waals surface area (Å²) in [5.41, 5.74) is 0. The first-order valence-electron chi connectivity index (χ1n) is 4.85. The molecule has 2 aliphatic carbocycles. The van der Waals surface area contributed by atoms with Gasteiger partial charge in [-0.05, 0) is 12.8 Å². The van der Waals surface area contributed by atoms with Crippen molar-refractivity contribution in [2.75, 3.05) is 0 Å². The summed E-state index contributed by atoms with van der Waals surface area (Å²) in [6.45, 7) is 0. The normalized spacial score (nSPS) is 42.4. The second-order valence-corrected chi connectivity index (χ2v) is 4.09. The molecule has 2 bridgehead atoms. The number of hydrogen-bond acceptors (Lipinski definition) is 4. The van der Waals surface area contributed by atoms with E-state index in [-0.39, 0.29) is 18.0 Å². The first-order valence-corrected chi connectivity index (χ1v) is 4.85. The number of aldehydes is 1. The van der Waals surface area contributed by atoms with E-state index in [0.29, 0.717) is 19.1 Å². The van der Waals surface area contributed by atoms with Gasteiger partial charge in [-0.3, -0.25) is 9.59 Å². The Morgan fingerprint density at radius 1 is 1.29 bits per heavy atom. The summed E-state index contributed by atoms with van der Waals surface area (Å²) in [7, 11) is 0. The molecular weight excluding hydrogens is 184 g/mol. The van der Waals surface area contributed by atoms with Crippen LogP contribution in [0.2, 0.25) is 0 Å². The Balaban J connectivity index is 2.28. The quantitative estimate of drug-likeness (QED) is 0.463. The molecule has 0 radical (unpaired) electrons. The van der Waals surface area contributed by atoms with Crippen LogP contribution < -0.4 is 0 Å². The van der Waals surface area contributed by atoms with Gasteiger partial charge in [0.25, 0.3) is 0 Å². The molecule has 0 saturated heterocycles. The number of aliphatic hydroxyl groups is 1. The SMILES string of the molecule is O=CC1CC2C(=O)CCC(C1=O)C2O. The lowest BCUT2D eigenvalue weighted by Crippen LogP contribution is -2.50. The highest BCUT2D eigenvalue weighted by atomic mass is 16.3. The molecule has 0 heterocycles. The van der Waals surface area contributed by atoms with Crippen molar-refractivity contribution in [2.24, 2.45) is 17.8 Å². The molecule has 0 spiro atoms. The molecule has 0 aromatic heterocycles. The molecule has 1 N–H and O–H groups in total. The lowest BCUT2D eigenvalue weighted by Gasteiger charge is -2.39. The van der Waals surface area contributed by atoms with Gasteiger partial charge in [-0.15, -0.1) is 0 Å². The third-order valence-corrected chi connectivity index (χ3v) is 3.34. The van der Waals surface area contributed by atoms with Crippen molar-refractivity contribution in [2.45, 2.75) is 25.4 Å². The second-order valence-electron chi connectivity index (χ2n) is 4.09. The lowest BCUT2D eigenvalue weighted by molar-refractivity contribution is -0.150. The minimum Gasteiger partial charge on any atom is -0.392 e. The Bertz CT molecular complexity index is 294. The standard InChI is InChI=1S/C10H12O4/c11-4-5-3-7-8(12)2-1-6(9(5)13)10(7)14/h4-7,10,14H,1-3H2. The molecule has 0 aromatic carbocycles. The number of fused-ring (bicyclic) bond motifs is 2. The molecule has 4 nitrogen and oxygen atoms in total. The summed E-state index contributed by atoms with van der Waals surface area (Å²) in [4.78, 5) is 33.6. The topological polar surface area (TPSA) is 71.4 Å². The van der Waals surface area contributed by atoms with Crippen LogP contribution in [0.3, 0.4) is 0 Å². The highest BCUT2D eigenvalue weighted by Gasteiger charge is 2.48. The van der Waals surface area contributed by atoms with Gasteiger partial charge >= 0.3 is 0 Å². The smallest absolute Gasteiger partial charge is 0.148 e. The summed E-state index contributed by atoms with van der Waals surface area (Å²) in [5, 5.41) is 9.69. The van der Waals surface area contributed by atoms with Crippen molar-refractivity contribution < 1.29 is 19.5 Å². The van der Waals surface area contributed by atoms with Crippen molar-refractivity contribution in [1.82, 2.24) is 0 Å². The van der Waals surface area contributed by atoms with Gasteiger partial charge in [0.15, 0.2) is 0 Å². The third kappa shape index (κ3) is 1.21. The van der Waals surface area contributed by atoms with Gasteiger partial charge in [-0.2, -0.15) is 0 Å². The van der Waals surface area contributed by atoms with Crippen LogP contribution in [0.4, 0.5) is 0 Å². The van der Waals surface area contributed by atoms with Crippen molar-refractivity contribution in [3.63, 3.8) is 0 Å². The molecule has 0 amide bonds. The van der Waals surface area contributed by atoms with Gasteiger partial charge in [0.05, 0.1) is 12.0 Å². The molecule has 4 unspecified atom stereocenters. The average Bonchev–Trinajstić information content (AvgIpc) is 2.16. The van der Waals surface area contributed by atoms with Crippen LogP contribution in [0, 0.1) is 17.8 Å². The number of Topliss-reactive ketones (excluding diaryl/α,β-unsaturated/α-hetero) is 2. The lowest BCUT2D eigenvalue weighted by atomic mass is 9.65. The average molecular weight is 196 g/mol. The second kappa shape index (κ2) is 3.28. The molecule has 14 heavy (non-hydrogen) atoms. The summed E-state index contributed by atoms with van der Waals surface area (Å²) in [6, 6.07) is 0. The largest absolute Gasteiger partial charge is 0.392 e. The molecule has 2 aliphatic rings. The van der Waals surface area contributed by atoms with Gasteiger partial charge < -0.3 is 9.90 Å². The molecule has 4 heteroatoms. The van der Waals surface area contributed by atoms with Crippen LogP contribution in [-0.2, 0) is 14.4 Å². The number of carbonyl (C=O) groups is 3. The summed E-state index contributed by atoms with van der Waals surface area (Å²) < 4.78 is 0. The minimum atomic E-state index is -0.847. The zero-order valence-corrected chi connectivity index (χ0v) is 7.68. The number of aliphatic hydroxyl groups excluding tert-OH is 1. The van der Waals surface area contributed by atoms with Crippen LogP contribution in [-0.4, -0.2) is 29.1 Å². The maximum Gasteiger partial charge on any atom is 0.148 e. The van der Waals surface area contributed by atoms with Crippen molar-refractivity contribution in [3.8, 4) is 0 Å². The molecular formula is C10H12O4. The van der Waals surface area contributed by atoms with Crippen molar-refractivity contribution in [1.29, 1.82) is 0 Å². The first kappa shape index (κ1) is 9.52. The Labute approximate surface area is 81.3 Å². The predicted molar refractivity (Wildman–Crippen MR) is 46.4 cm³/mol. The summed E-state index contributed by atoms with van der Waals surface area (Å²) >= 11 is 0. The number of carbonyl (C=O) groups excluding carboxylic acids is 3. The summed E-state index contributed by atoms with van der Waals surface area (Å²) in [5.74, 6) is -1.83. The summed E-state index contributed by atoms with van der Waals surface area (Å²) in [6.07, 6.45) is 0.731. The molecule has 2 fully saturated rings. The Kier molecular flexibility index (Phi) is 2.23. The van der Waals surface area contributed by atoms with Crippen molar-refractivity contribution >= 4 is 17.9 Å². The van der Waals surface area contributed by atoms with E-state index in [2.05, 4.69) is 0 Å². The van der Waals surface area contributed by atoms with Crippen molar-refractivity contribution in [3.05, 3.63) is 0 Å². The van der Waals surface area contributed by atoms with E-state index in [4.69, 9.17) is 0 Å².